The Morgan fingerprint density at radius 2 is 1.90 bits per heavy atom. The Bertz CT molecular complexity index is 1060. The van der Waals surface area contributed by atoms with Gasteiger partial charge in [0.25, 0.3) is 5.69 Å². The zero-order valence-corrected chi connectivity index (χ0v) is 17.4. The number of methoxy groups -OCH3 is 1. The summed E-state index contributed by atoms with van der Waals surface area (Å²) in [7, 11) is 1.34. The quantitative estimate of drug-likeness (QED) is 0.289. The number of nitrogens with zero attached hydrogens (tertiary/aromatic N) is 2. The summed E-state index contributed by atoms with van der Waals surface area (Å²) >= 11 is 0. The van der Waals surface area contributed by atoms with Crippen molar-refractivity contribution in [2.24, 2.45) is 5.92 Å². The van der Waals surface area contributed by atoms with Crippen molar-refractivity contribution in [2.75, 3.05) is 25.2 Å². The van der Waals surface area contributed by atoms with Crippen LogP contribution < -0.4 is 9.64 Å². The van der Waals surface area contributed by atoms with Crippen molar-refractivity contribution < 1.29 is 28.8 Å². The fraction of sp³-hybridized carbons (Fsp3) is 0.318. The van der Waals surface area contributed by atoms with E-state index in [1.165, 1.54) is 30.2 Å². The highest BCUT2D eigenvalue weighted by Gasteiger charge is 2.37. The summed E-state index contributed by atoms with van der Waals surface area (Å²) in [6.07, 6.45) is -0.0865. The molecule has 0 bridgehead atoms. The molecule has 1 heterocycles. The lowest BCUT2D eigenvalue weighted by Gasteiger charge is -2.19. The summed E-state index contributed by atoms with van der Waals surface area (Å²) < 4.78 is 10.3. The molecule has 2 aromatic rings. The summed E-state index contributed by atoms with van der Waals surface area (Å²) in [4.78, 5) is 49.0. The van der Waals surface area contributed by atoms with Crippen LogP contribution in [0, 0.1) is 29.9 Å². The molecule has 0 spiro atoms. The third kappa shape index (κ3) is 4.71. The molecule has 0 aromatic heterocycles. The predicted octanol–water partition coefficient (Wildman–Crippen LogP) is 3.00. The number of ether oxygens (including phenoxy) is 2. The first-order chi connectivity index (χ1) is 14.7. The molecule has 0 N–H and O–H groups in total. The van der Waals surface area contributed by atoms with Gasteiger partial charge >= 0.3 is 5.97 Å². The van der Waals surface area contributed by atoms with E-state index in [9.17, 15) is 24.5 Å². The van der Waals surface area contributed by atoms with Crippen molar-refractivity contribution in [1.82, 2.24) is 0 Å². The molecule has 2 aromatic carbocycles. The number of non-ortho nitro benzene ring substituents is 1. The lowest BCUT2D eigenvalue weighted by Crippen LogP contribution is -2.27. The van der Waals surface area contributed by atoms with Gasteiger partial charge in [0.1, 0.15) is 5.75 Å². The van der Waals surface area contributed by atoms with Crippen LogP contribution in [0.1, 0.15) is 27.9 Å². The Morgan fingerprint density at radius 1 is 1.16 bits per heavy atom. The Balaban J connectivity index is 1.65. The summed E-state index contributed by atoms with van der Waals surface area (Å²) in [5.41, 5.74) is 2.63. The van der Waals surface area contributed by atoms with E-state index in [1.807, 2.05) is 19.9 Å². The normalized spacial score (nSPS) is 15.6. The second-order valence-electron chi connectivity index (χ2n) is 7.35. The van der Waals surface area contributed by atoms with Gasteiger partial charge in [0.15, 0.2) is 12.4 Å². The number of aryl methyl sites for hydroxylation is 2. The molecule has 1 aliphatic rings. The minimum Gasteiger partial charge on any atom is -0.494 e. The second-order valence-corrected chi connectivity index (χ2v) is 7.35. The van der Waals surface area contributed by atoms with Gasteiger partial charge in [-0.2, -0.15) is 0 Å². The van der Waals surface area contributed by atoms with Gasteiger partial charge in [-0.25, -0.2) is 0 Å². The van der Waals surface area contributed by atoms with Gasteiger partial charge in [-0.3, -0.25) is 24.5 Å². The van der Waals surface area contributed by atoms with Crippen LogP contribution in [0.25, 0.3) is 0 Å². The number of ketones is 1. The fourth-order valence-corrected chi connectivity index (χ4v) is 3.35. The number of nitro benzene ring substituents is 1. The van der Waals surface area contributed by atoms with E-state index in [0.717, 1.165) is 11.1 Å². The number of esters is 1. The molecular weight excluding hydrogens is 404 g/mol. The lowest BCUT2D eigenvalue weighted by atomic mass is 10.0. The number of hydrogen-bond acceptors (Lipinski definition) is 7. The van der Waals surface area contributed by atoms with Crippen molar-refractivity contribution in [3.05, 3.63) is 63.2 Å². The van der Waals surface area contributed by atoms with Crippen LogP contribution in [0.2, 0.25) is 0 Å². The largest absolute Gasteiger partial charge is 0.494 e. The van der Waals surface area contributed by atoms with E-state index in [1.54, 1.807) is 12.1 Å². The van der Waals surface area contributed by atoms with Crippen molar-refractivity contribution in [2.45, 2.75) is 20.3 Å². The van der Waals surface area contributed by atoms with Crippen LogP contribution >= 0.6 is 0 Å². The number of Topliss-reactive ketones (excluding diaryl/α,β-unsaturated/α-hetero) is 1. The van der Waals surface area contributed by atoms with Crippen LogP contribution in [-0.4, -0.2) is 42.8 Å². The molecule has 0 saturated carbocycles. The number of benzene rings is 2. The molecule has 9 heteroatoms. The van der Waals surface area contributed by atoms with E-state index in [4.69, 9.17) is 9.47 Å². The molecule has 1 atom stereocenters. The SMILES string of the molecule is COc1cc([N+](=O)[O-])ccc1N1C[C@H](C(=O)OCC(=O)c2ccc(C)c(C)c2)CC1=O. The molecule has 1 aliphatic heterocycles. The molecule has 0 radical (unpaired) electrons. The summed E-state index contributed by atoms with van der Waals surface area (Å²) in [6, 6.07) is 9.14. The van der Waals surface area contributed by atoms with Gasteiger partial charge in [0.05, 0.1) is 29.7 Å². The Morgan fingerprint density at radius 3 is 2.55 bits per heavy atom. The first kappa shape index (κ1) is 21.9. The first-order valence-corrected chi connectivity index (χ1v) is 9.61. The smallest absolute Gasteiger partial charge is 0.311 e. The second kappa shape index (κ2) is 8.95. The van der Waals surface area contributed by atoms with E-state index in [-0.39, 0.29) is 36.1 Å². The highest BCUT2D eigenvalue weighted by Crippen LogP contribution is 2.36. The Labute approximate surface area is 178 Å². The van der Waals surface area contributed by atoms with Crippen LogP contribution in [0.15, 0.2) is 36.4 Å². The number of amides is 1. The molecule has 3 rings (SSSR count). The van der Waals surface area contributed by atoms with E-state index in [2.05, 4.69) is 0 Å². The van der Waals surface area contributed by atoms with Gasteiger partial charge in [0, 0.05) is 24.6 Å². The van der Waals surface area contributed by atoms with Gasteiger partial charge in [-0.15, -0.1) is 0 Å². The van der Waals surface area contributed by atoms with Gasteiger partial charge in [0.2, 0.25) is 5.91 Å². The van der Waals surface area contributed by atoms with Crippen molar-refractivity contribution in [3.8, 4) is 5.75 Å². The molecule has 1 saturated heterocycles. The topological polar surface area (TPSA) is 116 Å². The van der Waals surface area contributed by atoms with Crippen LogP contribution in [0.5, 0.6) is 5.75 Å². The zero-order valence-electron chi connectivity index (χ0n) is 17.4. The number of carbonyl (C=O) groups is 3. The molecule has 1 amide bonds. The average molecular weight is 426 g/mol. The Hall–Kier alpha value is -3.75. The standard InChI is InChI=1S/C22H22N2O7/c1-13-4-5-15(8-14(13)2)19(25)12-31-22(27)16-9-21(26)23(11-16)18-7-6-17(24(28)29)10-20(18)30-3/h4-8,10,16H,9,11-12H2,1-3H3/t16-/m1/s1. The third-order valence-electron chi connectivity index (χ3n) is 5.30. The van der Waals surface area contributed by atoms with E-state index >= 15 is 0 Å². The molecule has 9 nitrogen and oxygen atoms in total. The predicted molar refractivity (Wildman–Crippen MR) is 111 cm³/mol. The molecule has 162 valence electrons. The molecule has 0 unspecified atom stereocenters. The van der Waals surface area contributed by atoms with Gasteiger partial charge in [-0.05, 0) is 37.1 Å². The molecule has 1 fully saturated rings. The molecule has 31 heavy (non-hydrogen) atoms. The summed E-state index contributed by atoms with van der Waals surface area (Å²) in [5, 5.41) is 11.0. The van der Waals surface area contributed by atoms with Crippen LogP contribution in [0.3, 0.4) is 0 Å². The highest BCUT2D eigenvalue weighted by atomic mass is 16.6. The van der Waals surface area contributed by atoms with Crippen LogP contribution in [-0.2, 0) is 14.3 Å². The van der Waals surface area contributed by atoms with Crippen molar-refractivity contribution >= 4 is 29.0 Å². The monoisotopic (exact) mass is 426 g/mol. The average Bonchev–Trinajstić information content (AvgIpc) is 3.14. The highest BCUT2D eigenvalue weighted by molar-refractivity contribution is 6.01. The molecule has 0 aliphatic carbocycles. The number of carbonyl (C=O) groups excluding carboxylic acids is 3. The summed E-state index contributed by atoms with van der Waals surface area (Å²) in [5.74, 6) is -1.90. The lowest BCUT2D eigenvalue weighted by molar-refractivity contribution is -0.384. The van der Waals surface area contributed by atoms with E-state index < -0.39 is 23.4 Å². The van der Waals surface area contributed by atoms with E-state index in [0.29, 0.717) is 11.3 Å². The van der Waals surface area contributed by atoms with Crippen molar-refractivity contribution in [1.29, 1.82) is 0 Å². The maximum absolute atomic E-state index is 12.5. The maximum atomic E-state index is 12.5. The van der Waals surface area contributed by atoms with Gasteiger partial charge in [-0.1, -0.05) is 12.1 Å². The van der Waals surface area contributed by atoms with Crippen LogP contribution in [0.4, 0.5) is 11.4 Å². The number of rotatable bonds is 7. The first-order valence-electron chi connectivity index (χ1n) is 9.61. The minimum atomic E-state index is -0.750. The number of nitro groups is 1. The van der Waals surface area contributed by atoms with Crippen molar-refractivity contribution in [3.63, 3.8) is 0 Å². The fourth-order valence-electron chi connectivity index (χ4n) is 3.35. The minimum absolute atomic E-state index is 0.0314. The zero-order chi connectivity index (χ0) is 22.7. The third-order valence-corrected chi connectivity index (χ3v) is 5.30. The Kier molecular flexibility index (Phi) is 6.33. The summed E-state index contributed by atoms with van der Waals surface area (Å²) in [6.45, 7) is 3.45. The maximum Gasteiger partial charge on any atom is 0.311 e. The number of anilines is 1. The number of hydrogen-bond donors (Lipinski definition) is 0. The molecular formula is C22H22N2O7. The van der Waals surface area contributed by atoms with Gasteiger partial charge < -0.3 is 14.4 Å².